The summed E-state index contributed by atoms with van der Waals surface area (Å²) >= 11 is 5.99. The fourth-order valence-corrected chi connectivity index (χ4v) is 3.80. The van der Waals surface area contributed by atoms with Gasteiger partial charge in [-0.05, 0) is 43.0 Å². The zero-order valence-corrected chi connectivity index (χ0v) is 15.9. The standard InChI is InChI=1S/C22H22ClNO3/c1-15-11-12-22(21(26)27,19(13-15)17-7-9-18(23)10-8-17)20(25)24-14-16-5-3-2-4-6-16/h2-11,19H,12-14H2,1H3,(H,24,25)(H,26,27). The number of benzene rings is 2. The molecule has 0 fully saturated rings. The number of rotatable bonds is 5. The van der Waals surface area contributed by atoms with Gasteiger partial charge in [-0.1, -0.05) is 65.7 Å². The van der Waals surface area contributed by atoms with E-state index in [1.807, 2.05) is 55.5 Å². The van der Waals surface area contributed by atoms with Gasteiger partial charge in [-0.3, -0.25) is 9.59 Å². The van der Waals surface area contributed by atoms with Gasteiger partial charge >= 0.3 is 5.97 Å². The van der Waals surface area contributed by atoms with Gasteiger partial charge in [0.2, 0.25) is 5.91 Å². The largest absolute Gasteiger partial charge is 0.480 e. The molecule has 2 unspecified atom stereocenters. The molecule has 3 rings (SSSR count). The molecule has 0 radical (unpaired) electrons. The Labute approximate surface area is 163 Å². The summed E-state index contributed by atoms with van der Waals surface area (Å²) in [4.78, 5) is 25.5. The van der Waals surface area contributed by atoms with E-state index >= 15 is 0 Å². The van der Waals surface area contributed by atoms with Crippen LogP contribution in [-0.4, -0.2) is 17.0 Å². The first-order chi connectivity index (χ1) is 12.9. The minimum absolute atomic E-state index is 0.169. The highest BCUT2D eigenvalue weighted by Gasteiger charge is 2.53. The zero-order valence-electron chi connectivity index (χ0n) is 15.1. The van der Waals surface area contributed by atoms with E-state index in [2.05, 4.69) is 5.32 Å². The lowest BCUT2D eigenvalue weighted by atomic mass is 9.63. The van der Waals surface area contributed by atoms with Crippen molar-refractivity contribution in [2.24, 2.45) is 5.41 Å². The van der Waals surface area contributed by atoms with Gasteiger partial charge in [-0.25, -0.2) is 0 Å². The molecule has 0 saturated carbocycles. The number of allylic oxidation sites excluding steroid dienone is 2. The second-order valence-corrected chi connectivity index (χ2v) is 7.44. The van der Waals surface area contributed by atoms with Gasteiger partial charge in [0.05, 0.1) is 0 Å². The van der Waals surface area contributed by atoms with Crippen molar-refractivity contribution in [3.63, 3.8) is 0 Å². The van der Waals surface area contributed by atoms with Crippen LogP contribution in [0.1, 0.15) is 36.8 Å². The lowest BCUT2D eigenvalue weighted by Crippen LogP contribution is -2.51. The van der Waals surface area contributed by atoms with Crippen molar-refractivity contribution in [2.75, 3.05) is 0 Å². The molecular weight excluding hydrogens is 362 g/mol. The molecule has 4 nitrogen and oxygen atoms in total. The molecule has 0 bridgehead atoms. The van der Waals surface area contributed by atoms with Crippen molar-refractivity contribution in [3.8, 4) is 0 Å². The summed E-state index contributed by atoms with van der Waals surface area (Å²) in [5.41, 5.74) is 1.28. The Hall–Kier alpha value is -2.59. The van der Waals surface area contributed by atoms with Crippen molar-refractivity contribution in [1.29, 1.82) is 0 Å². The van der Waals surface area contributed by atoms with Gasteiger partial charge in [0.25, 0.3) is 0 Å². The Morgan fingerprint density at radius 2 is 1.81 bits per heavy atom. The quantitative estimate of drug-likeness (QED) is 0.588. The summed E-state index contributed by atoms with van der Waals surface area (Å²) in [5.74, 6) is -2.01. The molecule has 1 aliphatic carbocycles. The summed E-state index contributed by atoms with van der Waals surface area (Å²) in [6.45, 7) is 2.27. The molecule has 0 saturated heterocycles. The first-order valence-corrected chi connectivity index (χ1v) is 9.28. The predicted octanol–water partition coefficient (Wildman–Crippen LogP) is 4.55. The van der Waals surface area contributed by atoms with Gasteiger partial charge in [0.1, 0.15) is 0 Å². The number of carbonyl (C=O) groups is 2. The summed E-state index contributed by atoms with van der Waals surface area (Å²) in [5, 5.41) is 13.5. The second kappa shape index (κ2) is 7.97. The van der Waals surface area contributed by atoms with Gasteiger partial charge in [-0.15, -0.1) is 0 Å². The van der Waals surface area contributed by atoms with E-state index in [0.717, 1.165) is 16.7 Å². The van der Waals surface area contributed by atoms with Crippen LogP contribution in [0.15, 0.2) is 66.2 Å². The number of amides is 1. The van der Waals surface area contributed by atoms with Gasteiger partial charge in [0.15, 0.2) is 5.41 Å². The third kappa shape index (κ3) is 3.91. The highest BCUT2D eigenvalue weighted by atomic mass is 35.5. The van der Waals surface area contributed by atoms with Gasteiger partial charge in [-0.2, -0.15) is 0 Å². The first-order valence-electron chi connectivity index (χ1n) is 8.90. The molecular formula is C22H22ClNO3. The van der Waals surface area contributed by atoms with Crippen molar-refractivity contribution in [2.45, 2.75) is 32.2 Å². The van der Waals surface area contributed by atoms with Crippen LogP contribution in [0.2, 0.25) is 5.02 Å². The molecule has 2 aromatic carbocycles. The summed E-state index contributed by atoms with van der Waals surface area (Å²) in [7, 11) is 0. The Kier molecular flexibility index (Phi) is 5.66. The molecule has 0 heterocycles. The zero-order chi connectivity index (χ0) is 19.4. The molecule has 2 atom stereocenters. The number of hydrogen-bond acceptors (Lipinski definition) is 2. The maximum Gasteiger partial charge on any atom is 0.320 e. The van der Waals surface area contributed by atoms with Crippen molar-refractivity contribution in [1.82, 2.24) is 5.32 Å². The van der Waals surface area contributed by atoms with Crippen LogP contribution in [0.3, 0.4) is 0 Å². The number of carboxylic acids is 1. The number of halogens is 1. The summed E-state index contributed by atoms with van der Waals surface area (Å²) < 4.78 is 0. The lowest BCUT2D eigenvalue weighted by Gasteiger charge is -2.39. The van der Waals surface area contributed by atoms with Crippen molar-refractivity contribution in [3.05, 3.63) is 82.4 Å². The van der Waals surface area contributed by atoms with Crippen LogP contribution in [0.4, 0.5) is 0 Å². The van der Waals surface area contributed by atoms with E-state index in [0.29, 0.717) is 18.0 Å². The second-order valence-electron chi connectivity index (χ2n) is 7.01. The fraction of sp³-hybridized carbons (Fsp3) is 0.273. The predicted molar refractivity (Wildman–Crippen MR) is 106 cm³/mol. The van der Waals surface area contributed by atoms with E-state index in [1.54, 1.807) is 12.1 Å². The monoisotopic (exact) mass is 383 g/mol. The number of carbonyl (C=O) groups excluding carboxylic acids is 1. The molecule has 27 heavy (non-hydrogen) atoms. The highest BCUT2D eigenvalue weighted by molar-refractivity contribution is 6.30. The number of aliphatic carboxylic acids is 1. The average molecular weight is 384 g/mol. The topological polar surface area (TPSA) is 66.4 Å². The van der Waals surface area contributed by atoms with E-state index in [4.69, 9.17) is 11.6 Å². The van der Waals surface area contributed by atoms with E-state index in [9.17, 15) is 14.7 Å². The van der Waals surface area contributed by atoms with E-state index in [1.165, 1.54) is 0 Å². The Morgan fingerprint density at radius 1 is 1.15 bits per heavy atom. The Balaban J connectivity index is 1.94. The molecule has 5 heteroatoms. The van der Waals surface area contributed by atoms with Gasteiger partial charge in [0, 0.05) is 17.5 Å². The van der Waals surface area contributed by atoms with Crippen LogP contribution in [-0.2, 0) is 16.1 Å². The maximum absolute atomic E-state index is 13.1. The van der Waals surface area contributed by atoms with E-state index < -0.39 is 23.2 Å². The van der Waals surface area contributed by atoms with Crippen LogP contribution < -0.4 is 5.32 Å². The van der Waals surface area contributed by atoms with Crippen molar-refractivity contribution < 1.29 is 14.7 Å². The number of carboxylic acid groups (broad SMARTS) is 1. The fourth-order valence-electron chi connectivity index (χ4n) is 3.67. The summed E-state index contributed by atoms with van der Waals surface area (Å²) in [6.07, 6.45) is 2.55. The minimum atomic E-state index is -1.54. The van der Waals surface area contributed by atoms with Crippen LogP contribution in [0.5, 0.6) is 0 Å². The Morgan fingerprint density at radius 3 is 2.44 bits per heavy atom. The Bertz CT molecular complexity index is 861. The van der Waals surface area contributed by atoms with E-state index in [-0.39, 0.29) is 6.42 Å². The number of hydrogen-bond donors (Lipinski definition) is 2. The smallest absolute Gasteiger partial charge is 0.320 e. The molecule has 0 aliphatic heterocycles. The molecule has 1 aliphatic rings. The first kappa shape index (κ1) is 19.2. The molecule has 2 N–H and O–H groups in total. The van der Waals surface area contributed by atoms with Crippen LogP contribution in [0, 0.1) is 5.41 Å². The third-order valence-corrected chi connectivity index (χ3v) is 5.50. The van der Waals surface area contributed by atoms with Crippen molar-refractivity contribution >= 4 is 23.5 Å². The molecule has 0 aromatic heterocycles. The lowest BCUT2D eigenvalue weighted by molar-refractivity contribution is -0.158. The van der Waals surface area contributed by atoms with Crippen LogP contribution in [0.25, 0.3) is 0 Å². The SMILES string of the molecule is CC1=CCC(C(=O)O)(C(=O)NCc2ccccc2)C(c2ccc(Cl)cc2)C1. The maximum atomic E-state index is 13.1. The molecule has 2 aromatic rings. The average Bonchev–Trinajstić information content (AvgIpc) is 2.67. The molecule has 1 amide bonds. The highest BCUT2D eigenvalue weighted by Crippen LogP contribution is 2.47. The third-order valence-electron chi connectivity index (χ3n) is 5.25. The molecule has 0 spiro atoms. The minimum Gasteiger partial charge on any atom is -0.480 e. The van der Waals surface area contributed by atoms with Gasteiger partial charge < -0.3 is 10.4 Å². The number of nitrogens with one attached hydrogen (secondary N) is 1. The normalized spacial score (nSPS) is 22.0. The summed E-state index contributed by atoms with van der Waals surface area (Å²) in [6, 6.07) is 16.6. The van der Waals surface area contributed by atoms with Crippen LogP contribution >= 0.6 is 11.6 Å². The molecule has 140 valence electrons.